The van der Waals surface area contributed by atoms with Crippen LogP contribution in [0.25, 0.3) is 0 Å². The van der Waals surface area contributed by atoms with Crippen LogP contribution in [-0.4, -0.2) is 15.5 Å². The zero-order valence-corrected chi connectivity index (χ0v) is 13.7. The zero-order valence-electron chi connectivity index (χ0n) is 10.5. The number of nitrogens with one attached hydrogen (secondary N) is 2. The second-order valence-electron chi connectivity index (χ2n) is 3.98. The lowest BCUT2D eigenvalue weighted by molar-refractivity contribution is 0.601. The third-order valence-corrected chi connectivity index (χ3v) is 5.43. The van der Waals surface area contributed by atoms with Crippen molar-refractivity contribution in [3.63, 3.8) is 0 Å². The molecule has 2 aromatic rings. The summed E-state index contributed by atoms with van der Waals surface area (Å²) in [5.41, 5.74) is 1.24. The van der Waals surface area contributed by atoms with Crippen LogP contribution in [0, 0.1) is 0 Å². The molecule has 0 aliphatic rings. The molecular weight excluding hydrogens is 364 g/mol. The first-order chi connectivity index (χ1) is 9.44. The van der Waals surface area contributed by atoms with Crippen molar-refractivity contribution < 1.29 is 8.42 Å². The molecule has 2 aromatic carbocycles. The van der Waals surface area contributed by atoms with Gasteiger partial charge < -0.3 is 5.32 Å². The monoisotopic (exact) mass is 374 g/mol. The number of anilines is 2. The van der Waals surface area contributed by atoms with Gasteiger partial charge in [-0.25, -0.2) is 8.42 Å². The van der Waals surface area contributed by atoms with E-state index in [1.54, 1.807) is 37.4 Å². The van der Waals surface area contributed by atoms with E-state index in [-0.39, 0.29) is 4.90 Å². The lowest BCUT2D eigenvalue weighted by Crippen LogP contribution is -2.13. The van der Waals surface area contributed by atoms with E-state index in [2.05, 4.69) is 26.0 Å². The highest BCUT2D eigenvalue weighted by Crippen LogP contribution is 2.31. The van der Waals surface area contributed by atoms with E-state index >= 15 is 0 Å². The summed E-state index contributed by atoms with van der Waals surface area (Å²) in [6, 6.07) is 11.4. The fraction of sp³-hybridized carbons (Fsp3) is 0.0769. The van der Waals surface area contributed by atoms with Gasteiger partial charge in [-0.1, -0.05) is 17.7 Å². The minimum Gasteiger partial charge on any atom is -0.388 e. The summed E-state index contributed by atoms with van der Waals surface area (Å²) < 4.78 is 27.6. The van der Waals surface area contributed by atoms with Gasteiger partial charge in [-0.15, -0.1) is 0 Å². The molecule has 7 heteroatoms. The van der Waals surface area contributed by atoms with Gasteiger partial charge in [-0.05, 0) is 52.3 Å². The van der Waals surface area contributed by atoms with Gasteiger partial charge in [0.2, 0.25) is 0 Å². The molecule has 0 aliphatic heterocycles. The van der Waals surface area contributed by atoms with Crippen LogP contribution in [0.5, 0.6) is 0 Å². The van der Waals surface area contributed by atoms with Gasteiger partial charge in [0.05, 0.1) is 20.1 Å². The molecule has 106 valence electrons. The van der Waals surface area contributed by atoms with Gasteiger partial charge in [0.15, 0.2) is 0 Å². The fourth-order valence-corrected chi connectivity index (χ4v) is 3.33. The maximum atomic E-state index is 12.3. The van der Waals surface area contributed by atoms with Crippen LogP contribution in [0.4, 0.5) is 11.4 Å². The van der Waals surface area contributed by atoms with Gasteiger partial charge in [-0.3, -0.25) is 4.72 Å². The standard InChI is InChI=1S/C13H12BrClN2O2S/c1-16-9-5-7-10(8-6-9)20(18,19)17-12-4-2-3-11(15)13(12)14/h2-8,16-17H,1H3. The number of hydrogen-bond acceptors (Lipinski definition) is 3. The molecule has 0 heterocycles. The number of benzene rings is 2. The third kappa shape index (κ3) is 3.26. The average Bonchev–Trinajstić information content (AvgIpc) is 2.44. The van der Waals surface area contributed by atoms with Crippen LogP contribution >= 0.6 is 27.5 Å². The summed E-state index contributed by atoms with van der Waals surface area (Å²) in [4.78, 5) is 0.184. The van der Waals surface area contributed by atoms with E-state index in [0.29, 0.717) is 15.2 Å². The van der Waals surface area contributed by atoms with Crippen molar-refractivity contribution in [2.24, 2.45) is 0 Å². The zero-order chi connectivity index (χ0) is 14.8. The molecule has 0 saturated carbocycles. The Hall–Kier alpha value is -1.24. The molecule has 2 N–H and O–H groups in total. The number of sulfonamides is 1. The topological polar surface area (TPSA) is 58.2 Å². The molecule has 0 unspecified atom stereocenters. The molecule has 0 bridgehead atoms. The highest BCUT2D eigenvalue weighted by molar-refractivity contribution is 9.10. The molecule has 0 saturated heterocycles. The second-order valence-corrected chi connectivity index (χ2v) is 6.86. The molecule has 0 spiro atoms. The van der Waals surface area contributed by atoms with Crippen molar-refractivity contribution in [2.75, 3.05) is 17.1 Å². The van der Waals surface area contributed by atoms with E-state index in [4.69, 9.17) is 11.6 Å². The van der Waals surface area contributed by atoms with Gasteiger partial charge in [0.1, 0.15) is 0 Å². The summed E-state index contributed by atoms with van der Waals surface area (Å²) >= 11 is 9.20. The first kappa shape index (κ1) is 15.2. The molecular formula is C13H12BrClN2O2S. The van der Waals surface area contributed by atoms with Crippen molar-refractivity contribution in [2.45, 2.75) is 4.90 Å². The number of hydrogen-bond donors (Lipinski definition) is 2. The number of halogens is 2. The highest BCUT2D eigenvalue weighted by atomic mass is 79.9. The van der Waals surface area contributed by atoms with Gasteiger partial charge in [-0.2, -0.15) is 0 Å². The Kier molecular flexibility index (Phi) is 4.57. The molecule has 20 heavy (non-hydrogen) atoms. The second kappa shape index (κ2) is 6.03. The van der Waals surface area contributed by atoms with Gasteiger partial charge in [0, 0.05) is 12.7 Å². The Morgan fingerprint density at radius 3 is 2.35 bits per heavy atom. The molecule has 0 atom stereocenters. The first-order valence-electron chi connectivity index (χ1n) is 5.68. The highest BCUT2D eigenvalue weighted by Gasteiger charge is 2.16. The Bertz CT molecular complexity index is 718. The van der Waals surface area contributed by atoms with Crippen LogP contribution in [0.15, 0.2) is 51.8 Å². The largest absolute Gasteiger partial charge is 0.388 e. The van der Waals surface area contributed by atoms with Gasteiger partial charge >= 0.3 is 0 Å². The predicted molar refractivity (Wildman–Crippen MR) is 85.9 cm³/mol. The van der Waals surface area contributed by atoms with Crippen molar-refractivity contribution in [1.82, 2.24) is 0 Å². The van der Waals surface area contributed by atoms with E-state index in [0.717, 1.165) is 5.69 Å². The fourth-order valence-electron chi connectivity index (χ4n) is 1.59. The quantitative estimate of drug-likeness (QED) is 0.851. The molecule has 0 amide bonds. The molecule has 0 fully saturated rings. The third-order valence-electron chi connectivity index (χ3n) is 2.65. The number of rotatable bonds is 4. The van der Waals surface area contributed by atoms with Crippen LogP contribution in [-0.2, 0) is 10.0 Å². The molecule has 0 aromatic heterocycles. The normalized spacial score (nSPS) is 11.2. The Labute approximate surface area is 131 Å². The van der Waals surface area contributed by atoms with Crippen LogP contribution in [0.1, 0.15) is 0 Å². The van der Waals surface area contributed by atoms with E-state index < -0.39 is 10.0 Å². The van der Waals surface area contributed by atoms with E-state index in [9.17, 15) is 8.42 Å². The molecule has 0 radical (unpaired) electrons. The lowest BCUT2D eigenvalue weighted by Gasteiger charge is -2.11. The summed E-state index contributed by atoms with van der Waals surface area (Å²) in [5, 5.41) is 3.37. The Morgan fingerprint density at radius 1 is 1.10 bits per heavy atom. The minimum atomic E-state index is -3.64. The summed E-state index contributed by atoms with van der Waals surface area (Å²) in [5.74, 6) is 0. The molecule has 2 rings (SSSR count). The summed E-state index contributed by atoms with van der Waals surface area (Å²) in [7, 11) is -1.88. The maximum Gasteiger partial charge on any atom is 0.261 e. The van der Waals surface area contributed by atoms with Crippen LogP contribution in [0.3, 0.4) is 0 Å². The molecule has 0 aliphatic carbocycles. The van der Waals surface area contributed by atoms with E-state index in [1.165, 1.54) is 12.1 Å². The summed E-state index contributed by atoms with van der Waals surface area (Å²) in [6.45, 7) is 0. The predicted octanol–water partition coefficient (Wildman–Crippen LogP) is 3.95. The SMILES string of the molecule is CNc1ccc(S(=O)(=O)Nc2cccc(Cl)c2Br)cc1. The van der Waals surface area contributed by atoms with Crippen molar-refractivity contribution in [3.05, 3.63) is 52.0 Å². The van der Waals surface area contributed by atoms with Crippen molar-refractivity contribution >= 4 is 48.9 Å². The van der Waals surface area contributed by atoms with Crippen molar-refractivity contribution in [1.29, 1.82) is 0 Å². The molecule has 4 nitrogen and oxygen atoms in total. The summed E-state index contributed by atoms with van der Waals surface area (Å²) in [6.07, 6.45) is 0. The Balaban J connectivity index is 2.33. The first-order valence-corrected chi connectivity index (χ1v) is 8.34. The van der Waals surface area contributed by atoms with E-state index in [1.807, 2.05) is 0 Å². The van der Waals surface area contributed by atoms with Gasteiger partial charge in [0.25, 0.3) is 10.0 Å². The Morgan fingerprint density at radius 2 is 1.75 bits per heavy atom. The average molecular weight is 376 g/mol. The maximum absolute atomic E-state index is 12.3. The van der Waals surface area contributed by atoms with Crippen molar-refractivity contribution in [3.8, 4) is 0 Å². The van der Waals surface area contributed by atoms with Crippen LogP contribution in [0.2, 0.25) is 5.02 Å². The van der Waals surface area contributed by atoms with Crippen LogP contribution < -0.4 is 10.0 Å². The smallest absolute Gasteiger partial charge is 0.261 e. The lowest BCUT2D eigenvalue weighted by atomic mass is 10.3. The minimum absolute atomic E-state index is 0.184.